The molecule has 2 fully saturated rings. The summed E-state index contributed by atoms with van der Waals surface area (Å²) in [7, 11) is 0. The second-order valence-corrected chi connectivity index (χ2v) is 8.43. The van der Waals surface area contributed by atoms with Crippen molar-refractivity contribution < 1.29 is 4.79 Å². The Hall–Kier alpha value is -1.14. The monoisotopic (exact) mass is 364 g/mol. The number of rotatable bonds is 1. The first-order chi connectivity index (χ1) is 10.8. The number of hydrogen-bond acceptors (Lipinski definition) is 4. The van der Waals surface area contributed by atoms with Crippen molar-refractivity contribution in [3.8, 4) is 0 Å². The van der Waals surface area contributed by atoms with Crippen LogP contribution in [0, 0.1) is 11.8 Å². The van der Waals surface area contributed by atoms with Crippen molar-refractivity contribution in [2.24, 2.45) is 11.8 Å². The van der Waals surface area contributed by atoms with Crippen molar-refractivity contribution in [1.82, 2.24) is 10.2 Å². The minimum Gasteiger partial charge on any atom is -0.337 e. The fourth-order valence-electron chi connectivity index (χ4n) is 3.78. The predicted molar refractivity (Wildman–Crippen MR) is 100 cm³/mol. The molecule has 120 valence electrons. The van der Waals surface area contributed by atoms with Crippen LogP contribution in [-0.4, -0.2) is 37.0 Å². The van der Waals surface area contributed by atoms with Crippen LogP contribution in [0.1, 0.15) is 9.67 Å². The molecule has 0 aliphatic carbocycles. The van der Waals surface area contributed by atoms with Gasteiger partial charge in [0, 0.05) is 41.0 Å². The summed E-state index contributed by atoms with van der Waals surface area (Å²) in [5.41, 5.74) is 0. The van der Waals surface area contributed by atoms with Gasteiger partial charge in [-0.3, -0.25) is 4.79 Å². The first-order valence-electron chi connectivity index (χ1n) is 7.70. The lowest BCUT2D eigenvalue weighted by Gasteiger charge is -2.16. The summed E-state index contributed by atoms with van der Waals surface area (Å²) in [6.07, 6.45) is 0. The smallest absolute Gasteiger partial charge is 0.264 e. The van der Waals surface area contributed by atoms with Gasteiger partial charge in [0.15, 0.2) is 0 Å². The van der Waals surface area contributed by atoms with Gasteiger partial charge in [0.1, 0.15) is 0 Å². The molecule has 2 saturated heterocycles. The molecule has 2 aliphatic heterocycles. The molecule has 0 saturated carbocycles. The van der Waals surface area contributed by atoms with Crippen molar-refractivity contribution in [3.63, 3.8) is 0 Å². The number of halogens is 1. The second-order valence-electron chi connectivity index (χ2n) is 6.29. The molecular formula is C17H17ClN2OS2. The number of hydrogen-bond donors (Lipinski definition) is 1. The largest absolute Gasteiger partial charge is 0.337 e. The molecule has 23 heavy (non-hydrogen) atoms. The van der Waals surface area contributed by atoms with Crippen LogP contribution in [0.15, 0.2) is 30.3 Å². The minimum absolute atomic E-state index is 0. The summed E-state index contributed by atoms with van der Waals surface area (Å²) >= 11 is 3.45. The number of carbonyl (C=O) groups excluding carboxylic acids is 1. The van der Waals surface area contributed by atoms with Crippen LogP contribution in [0.3, 0.4) is 0 Å². The maximum absolute atomic E-state index is 12.8. The molecule has 6 heteroatoms. The third kappa shape index (κ3) is 2.38. The number of fused-ring (bicyclic) bond motifs is 4. The molecule has 1 aromatic carbocycles. The number of amides is 1. The first-order valence-corrected chi connectivity index (χ1v) is 9.34. The molecule has 3 nitrogen and oxygen atoms in total. The Bertz CT molecular complexity index is 875. The highest BCUT2D eigenvalue weighted by molar-refractivity contribution is 7.33. The summed E-state index contributed by atoms with van der Waals surface area (Å²) in [4.78, 5) is 15.8. The van der Waals surface area contributed by atoms with Crippen LogP contribution in [0.25, 0.3) is 19.5 Å². The van der Waals surface area contributed by atoms with Crippen molar-refractivity contribution >= 4 is 60.5 Å². The SMILES string of the molecule is Cl.O=C(c1cc2sc3ccccc3c2s1)N1C[C@H]2CNC[C@H]2C1. The number of thiophene rings is 2. The summed E-state index contributed by atoms with van der Waals surface area (Å²) in [5, 5.41) is 4.71. The normalized spacial score (nSPS) is 23.4. The third-order valence-electron chi connectivity index (χ3n) is 4.94. The van der Waals surface area contributed by atoms with Crippen LogP contribution in [0.5, 0.6) is 0 Å². The Kier molecular flexibility index (Phi) is 3.84. The molecule has 0 radical (unpaired) electrons. The average Bonchev–Trinajstić information content (AvgIpc) is 3.24. The van der Waals surface area contributed by atoms with E-state index in [9.17, 15) is 4.79 Å². The Balaban J connectivity index is 0.00000135. The van der Waals surface area contributed by atoms with Gasteiger partial charge in [-0.15, -0.1) is 35.1 Å². The zero-order valence-corrected chi connectivity index (χ0v) is 14.9. The highest BCUT2D eigenvalue weighted by Gasteiger charge is 2.38. The van der Waals surface area contributed by atoms with E-state index >= 15 is 0 Å². The fourth-order valence-corrected chi connectivity index (χ4v) is 6.27. The van der Waals surface area contributed by atoms with Gasteiger partial charge in [0.2, 0.25) is 0 Å². The fraction of sp³-hybridized carbons (Fsp3) is 0.353. The minimum atomic E-state index is 0. The average molecular weight is 365 g/mol. The van der Waals surface area contributed by atoms with E-state index in [-0.39, 0.29) is 18.3 Å². The number of nitrogens with one attached hydrogen (secondary N) is 1. The van der Waals surface area contributed by atoms with Crippen molar-refractivity contribution in [2.75, 3.05) is 26.2 Å². The Morgan fingerprint density at radius 3 is 2.61 bits per heavy atom. The van der Waals surface area contributed by atoms with Gasteiger partial charge in [-0.25, -0.2) is 0 Å². The van der Waals surface area contributed by atoms with Gasteiger partial charge < -0.3 is 10.2 Å². The lowest BCUT2D eigenvalue weighted by atomic mass is 10.0. The first kappa shape index (κ1) is 15.4. The zero-order valence-electron chi connectivity index (χ0n) is 12.5. The topological polar surface area (TPSA) is 32.3 Å². The quantitative estimate of drug-likeness (QED) is 0.711. The van der Waals surface area contributed by atoms with Crippen molar-refractivity contribution in [3.05, 3.63) is 35.2 Å². The van der Waals surface area contributed by atoms with E-state index in [4.69, 9.17) is 0 Å². The van der Waals surface area contributed by atoms with Gasteiger partial charge in [-0.2, -0.15) is 0 Å². The second kappa shape index (κ2) is 5.74. The van der Waals surface area contributed by atoms with E-state index < -0.39 is 0 Å². The number of likely N-dealkylation sites (tertiary alicyclic amines) is 1. The summed E-state index contributed by atoms with van der Waals surface area (Å²) in [5.74, 6) is 1.55. The third-order valence-corrected chi connectivity index (χ3v) is 7.34. The molecule has 2 aromatic heterocycles. The summed E-state index contributed by atoms with van der Waals surface area (Å²) < 4.78 is 3.82. The molecule has 4 heterocycles. The summed E-state index contributed by atoms with van der Waals surface area (Å²) in [6.45, 7) is 3.98. The van der Waals surface area contributed by atoms with E-state index in [1.165, 1.54) is 19.5 Å². The van der Waals surface area contributed by atoms with Gasteiger partial charge in [-0.05, 0) is 24.0 Å². The van der Waals surface area contributed by atoms with Crippen LogP contribution in [-0.2, 0) is 0 Å². The van der Waals surface area contributed by atoms with Crippen LogP contribution >= 0.6 is 35.1 Å². The molecule has 2 aliphatic rings. The molecular weight excluding hydrogens is 348 g/mol. The zero-order chi connectivity index (χ0) is 14.7. The van der Waals surface area contributed by atoms with Crippen LogP contribution < -0.4 is 5.32 Å². The molecule has 3 aromatic rings. The van der Waals surface area contributed by atoms with Crippen LogP contribution in [0.2, 0.25) is 0 Å². The van der Waals surface area contributed by atoms with Gasteiger partial charge in [0.25, 0.3) is 5.91 Å². The molecule has 1 N–H and O–H groups in total. The standard InChI is InChI=1S/C17H16N2OS2.ClH/c20-17(19-8-10-6-18-7-11(10)9-19)15-5-14-16(22-15)12-3-1-2-4-13(12)21-14;/h1-5,10-11,18H,6-9H2;1H/t10-,11+;. The lowest BCUT2D eigenvalue weighted by Crippen LogP contribution is -2.31. The maximum Gasteiger partial charge on any atom is 0.264 e. The molecule has 0 unspecified atom stereocenters. The number of nitrogens with zero attached hydrogens (tertiary/aromatic N) is 1. The Labute approximate surface area is 148 Å². The van der Waals surface area contributed by atoms with Gasteiger partial charge in [0.05, 0.1) is 9.58 Å². The number of carbonyl (C=O) groups is 1. The molecule has 0 bridgehead atoms. The van der Waals surface area contributed by atoms with Gasteiger partial charge >= 0.3 is 0 Å². The highest BCUT2D eigenvalue weighted by atomic mass is 35.5. The Morgan fingerprint density at radius 2 is 1.83 bits per heavy atom. The van der Waals surface area contributed by atoms with E-state index in [0.29, 0.717) is 11.8 Å². The number of benzene rings is 1. The molecule has 1 amide bonds. The van der Waals surface area contributed by atoms with Crippen molar-refractivity contribution in [2.45, 2.75) is 0 Å². The van der Waals surface area contributed by atoms with Crippen LogP contribution in [0.4, 0.5) is 0 Å². The van der Waals surface area contributed by atoms with E-state index in [1.807, 2.05) is 0 Å². The van der Waals surface area contributed by atoms with E-state index in [0.717, 1.165) is 31.1 Å². The van der Waals surface area contributed by atoms with Gasteiger partial charge in [-0.1, -0.05) is 18.2 Å². The molecule has 2 atom stereocenters. The highest BCUT2D eigenvalue weighted by Crippen LogP contribution is 2.40. The summed E-state index contributed by atoms with van der Waals surface area (Å²) in [6, 6.07) is 10.6. The predicted octanol–water partition coefficient (Wildman–Crippen LogP) is 3.83. The van der Waals surface area contributed by atoms with Crippen molar-refractivity contribution in [1.29, 1.82) is 0 Å². The maximum atomic E-state index is 12.8. The van der Waals surface area contributed by atoms with E-state index in [2.05, 4.69) is 40.5 Å². The van der Waals surface area contributed by atoms with E-state index in [1.54, 1.807) is 22.7 Å². The Morgan fingerprint density at radius 1 is 1.09 bits per heavy atom. The molecule has 0 spiro atoms. The molecule has 5 rings (SSSR count). The lowest BCUT2D eigenvalue weighted by molar-refractivity contribution is 0.0786.